The molecular weight excluding hydrogens is 356 g/mol. The molecule has 28 heavy (non-hydrogen) atoms. The van der Waals surface area contributed by atoms with E-state index >= 15 is 0 Å². The van der Waals surface area contributed by atoms with Gasteiger partial charge in [0.25, 0.3) is 11.8 Å². The number of rotatable bonds is 5. The molecule has 0 saturated heterocycles. The Bertz CT molecular complexity index is 1070. The van der Waals surface area contributed by atoms with Crippen molar-refractivity contribution in [1.29, 1.82) is 0 Å². The molecule has 4 rings (SSSR count). The number of carbonyl (C=O) groups is 3. The zero-order valence-electron chi connectivity index (χ0n) is 15.3. The molecule has 2 amide bonds. The van der Waals surface area contributed by atoms with Crippen molar-refractivity contribution in [3.8, 4) is 5.75 Å². The van der Waals surface area contributed by atoms with Crippen LogP contribution in [0.15, 0.2) is 54.7 Å². The summed E-state index contributed by atoms with van der Waals surface area (Å²) in [6.45, 7) is 2.40. The minimum Gasteiger partial charge on any atom is -0.421 e. The van der Waals surface area contributed by atoms with Crippen molar-refractivity contribution in [2.24, 2.45) is 0 Å². The minimum absolute atomic E-state index is 0.181. The second-order valence-electron chi connectivity index (χ2n) is 6.56. The van der Waals surface area contributed by atoms with Crippen molar-refractivity contribution in [2.45, 2.75) is 19.8 Å². The highest BCUT2D eigenvalue weighted by Gasteiger charge is 2.33. The second-order valence-corrected chi connectivity index (χ2v) is 6.56. The van der Waals surface area contributed by atoms with E-state index in [1.807, 2.05) is 6.92 Å². The molecule has 6 heteroatoms. The van der Waals surface area contributed by atoms with Gasteiger partial charge in [-0.05, 0) is 36.8 Å². The summed E-state index contributed by atoms with van der Waals surface area (Å²) in [5.74, 6) is -0.937. The van der Waals surface area contributed by atoms with Crippen LogP contribution in [0.5, 0.6) is 5.75 Å². The monoisotopic (exact) mass is 374 g/mol. The van der Waals surface area contributed by atoms with Crippen LogP contribution in [0.25, 0.3) is 10.8 Å². The first-order valence-corrected chi connectivity index (χ1v) is 9.17. The topological polar surface area (TPSA) is 76.6 Å². The van der Waals surface area contributed by atoms with E-state index < -0.39 is 5.97 Å². The molecule has 0 aliphatic carbocycles. The van der Waals surface area contributed by atoms with Crippen LogP contribution in [0.3, 0.4) is 0 Å². The van der Waals surface area contributed by atoms with Gasteiger partial charge in [0, 0.05) is 34.6 Å². The van der Waals surface area contributed by atoms with Gasteiger partial charge in [0.05, 0.1) is 0 Å². The van der Waals surface area contributed by atoms with Crippen LogP contribution in [0.1, 0.15) is 51.0 Å². The molecule has 0 saturated carbocycles. The van der Waals surface area contributed by atoms with E-state index in [9.17, 15) is 14.4 Å². The molecule has 2 aromatic carbocycles. The molecule has 0 unspecified atom stereocenters. The maximum absolute atomic E-state index is 12.9. The van der Waals surface area contributed by atoms with E-state index in [4.69, 9.17) is 4.74 Å². The Labute approximate surface area is 161 Å². The molecular formula is C22H18N2O4. The number of nitrogens with zero attached hydrogens (tertiary/aromatic N) is 2. The number of ether oxygens (including phenoxy) is 1. The van der Waals surface area contributed by atoms with Crippen LogP contribution in [0, 0.1) is 0 Å². The maximum atomic E-state index is 12.9. The number of esters is 1. The zero-order valence-corrected chi connectivity index (χ0v) is 15.3. The fourth-order valence-electron chi connectivity index (χ4n) is 3.36. The van der Waals surface area contributed by atoms with E-state index in [-0.39, 0.29) is 17.5 Å². The SMILES string of the molecule is CCCCN1C(=O)c2cccc3c(OC(=O)c4ccccn4)ccc(c23)C1=O. The lowest BCUT2D eigenvalue weighted by Gasteiger charge is -2.27. The number of imide groups is 1. The van der Waals surface area contributed by atoms with Crippen molar-refractivity contribution in [1.82, 2.24) is 9.88 Å². The van der Waals surface area contributed by atoms with E-state index in [0.29, 0.717) is 34.2 Å². The Kier molecular flexibility index (Phi) is 4.61. The largest absolute Gasteiger partial charge is 0.421 e. The highest BCUT2D eigenvalue weighted by atomic mass is 16.5. The molecule has 0 fully saturated rings. The lowest BCUT2D eigenvalue weighted by atomic mass is 9.93. The molecule has 0 spiro atoms. The zero-order chi connectivity index (χ0) is 19.7. The van der Waals surface area contributed by atoms with Crippen LogP contribution >= 0.6 is 0 Å². The molecule has 1 aliphatic heterocycles. The van der Waals surface area contributed by atoms with Crippen LogP contribution < -0.4 is 4.74 Å². The molecule has 2 heterocycles. The first kappa shape index (κ1) is 17.9. The normalized spacial score (nSPS) is 13.1. The third-order valence-corrected chi connectivity index (χ3v) is 4.76. The van der Waals surface area contributed by atoms with Crippen LogP contribution in [0.2, 0.25) is 0 Å². The fourth-order valence-corrected chi connectivity index (χ4v) is 3.36. The first-order chi connectivity index (χ1) is 13.6. The van der Waals surface area contributed by atoms with Gasteiger partial charge in [-0.25, -0.2) is 9.78 Å². The van der Waals surface area contributed by atoms with E-state index in [1.54, 1.807) is 48.5 Å². The van der Waals surface area contributed by atoms with Gasteiger partial charge in [0.2, 0.25) is 0 Å². The first-order valence-electron chi connectivity index (χ1n) is 9.17. The minimum atomic E-state index is -0.598. The smallest absolute Gasteiger partial charge is 0.362 e. The molecule has 0 N–H and O–H groups in total. The molecule has 6 nitrogen and oxygen atoms in total. The third-order valence-electron chi connectivity index (χ3n) is 4.76. The van der Waals surface area contributed by atoms with Crippen molar-refractivity contribution < 1.29 is 19.1 Å². The van der Waals surface area contributed by atoms with Crippen molar-refractivity contribution in [2.75, 3.05) is 6.54 Å². The lowest BCUT2D eigenvalue weighted by molar-refractivity contribution is 0.0608. The van der Waals surface area contributed by atoms with Gasteiger partial charge in [-0.3, -0.25) is 14.5 Å². The molecule has 1 aromatic heterocycles. The van der Waals surface area contributed by atoms with E-state index in [0.717, 1.165) is 12.8 Å². The Morgan fingerprint density at radius 3 is 2.50 bits per heavy atom. The summed E-state index contributed by atoms with van der Waals surface area (Å²) in [7, 11) is 0. The van der Waals surface area contributed by atoms with Gasteiger partial charge in [0.15, 0.2) is 0 Å². The number of carbonyl (C=O) groups excluding carboxylic acids is 3. The molecule has 0 radical (unpaired) electrons. The number of hydrogen-bond donors (Lipinski definition) is 0. The number of hydrogen-bond acceptors (Lipinski definition) is 5. The van der Waals surface area contributed by atoms with Gasteiger partial charge < -0.3 is 4.74 Å². The van der Waals surface area contributed by atoms with Gasteiger partial charge in [-0.2, -0.15) is 0 Å². The van der Waals surface area contributed by atoms with Crippen molar-refractivity contribution >= 4 is 28.6 Å². The van der Waals surface area contributed by atoms with Gasteiger partial charge in [-0.15, -0.1) is 0 Å². The summed E-state index contributed by atoms with van der Waals surface area (Å²) < 4.78 is 5.52. The lowest BCUT2D eigenvalue weighted by Crippen LogP contribution is -2.40. The standard InChI is InChI=1S/C22H18N2O4/c1-2-3-13-24-20(25)15-8-6-7-14-18(11-10-16(19(14)15)21(24)26)28-22(27)17-9-4-5-12-23-17/h4-12H,2-3,13H2,1H3. The quantitative estimate of drug-likeness (QED) is 0.385. The average molecular weight is 374 g/mol. The summed E-state index contributed by atoms with van der Waals surface area (Å²) in [6.07, 6.45) is 3.15. The molecule has 1 aliphatic rings. The highest BCUT2D eigenvalue weighted by molar-refractivity contribution is 6.26. The predicted molar refractivity (Wildman–Crippen MR) is 103 cm³/mol. The van der Waals surface area contributed by atoms with Crippen LogP contribution in [-0.2, 0) is 0 Å². The molecule has 0 bridgehead atoms. The summed E-state index contributed by atoms with van der Waals surface area (Å²) in [5.41, 5.74) is 1.07. The number of benzene rings is 2. The Morgan fingerprint density at radius 1 is 1.00 bits per heavy atom. The summed E-state index contributed by atoms with van der Waals surface area (Å²) in [6, 6.07) is 13.3. The Hall–Kier alpha value is -3.54. The predicted octanol–water partition coefficient (Wildman–Crippen LogP) is 3.85. The summed E-state index contributed by atoms with van der Waals surface area (Å²) in [5, 5.41) is 1.08. The van der Waals surface area contributed by atoms with Crippen LogP contribution in [-0.4, -0.2) is 34.2 Å². The highest BCUT2D eigenvalue weighted by Crippen LogP contribution is 2.35. The number of amides is 2. The van der Waals surface area contributed by atoms with Gasteiger partial charge in [0.1, 0.15) is 11.4 Å². The summed E-state index contributed by atoms with van der Waals surface area (Å²) in [4.78, 5) is 43.4. The molecule has 140 valence electrons. The van der Waals surface area contributed by atoms with Gasteiger partial charge in [-0.1, -0.05) is 31.5 Å². The Balaban J connectivity index is 1.77. The van der Waals surface area contributed by atoms with Crippen molar-refractivity contribution in [3.63, 3.8) is 0 Å². The number of pyridine rings is 1. The van der Waals surface area contributed by atoms with E-state index in [2.05, 4.69) is 4.98 Å². The van der Waals surface area contributed by atoms with E-state index in [1.165, 1.54) is 11.1 Å². The number of unbranched alkanes of at least 4 members (excludes halogenated alkanes) is 1. The second kappa shape index (κ2) is 7.23. The fraction of sp³-hybridized carbons (Fsp3) is 0.182. The van der Waals surface area contributed by atoms with Crippen LogP contribution in [0.4, 0.5) is 0 Å². The van der Waals surface area contributed by atoms with Crippen molar-refractivity contribution in [3.05, 3.63) is 71.5 Å². The molecule has 0 atom stereocenters. The third kappa shape index (κ3) is 2.93. The average Bonchev–Trinajstić information content (AvgIpc) is 2.73. The van der Waals surface area contributed by atoms with Gasteiger partial charge >= 0.3 is 5.97 Å². The molecule has 3 aromatic rings. The Morgan fingerprint density at radius 2 is 1.79 bits per heavy atom. The summed E-state index contributed by atoms with van der Waals surface area (Å²) >= 11 is 0. The maximum Gasteiger partial charge on any atom is 0.362 e. The number of aromatic nitrogens is 1.